The number of amides is 1. The third-order valence-corrected chi connectivity index (χ3v) is 3.84. The van der Waals surface area contributed by atoms with Gasteiger partial charge >= 0.3 is 0 Å². The maximum Gasteiger partial charge on any atom is 0.279 e. The van der Waals surface area contributed by atoms with E-state index in [1.807, 2.05) is 31.3 Å². The van der Waals surface area contributed by atoms with Crippen LogP contribution in [-0.2, 0) is 11.3 Å². The van der Waals surface area contributed by atoms with Crippen molar-refractivity contribution in [3.8, 4) is 5.75 Å². The van der Waals surface area contributed by atoms with E-state index in [1.165, 1.54) is 13.2 Å². The fourth-order valence-corrected chi connectivity index (χ4v) is 2.51. The molecule has 0 aromatic heterocycles. The molecule has 0 saturated carbocycles. The van der Waals surface area contributed by atoms with Gasteiger partial charge in [0.1, 0.15) is 6.54 Å². The van der Waals surface area contributed by atoms with Crippen LogP contribution in [0.2, 0.25) is 0 Å². The van der Waals surface area contributed by atoms with Gasteiger partial charge in [-0.25, -0.2) is 4.39 Å². The van der Waals surface area contributed by atoms with Crippen molar-refractivity contribution in [3.05, 3.63) is 58.3 Å². The Hall–Kier alpha value is -1.92. The molecule has 1 atom stereocenters. The monoisotopic (exact) mass is 381 g/mol. The van der Waals surface area contributed by atoms with Crippen LogP contribution in [0.1, 0.15) is 5.56 Å². The van der Waals surface area contributed by atoms with Crippen LogP contribution in [-0.4, -0.2) is 26.6 Å². The molecule has 1 amide bonds. The van der Waals surface area contributed by atoms with E-state index in [2.05, 4.69) is 21.2 Å². The lowest BCUT2D eigenvalue weighted by Crippen LogP contribution is -3.08. The van der Waals surface area contributed by atoms with E-state index in [0.29, 0.717) is 13.1 Å². The Labute approximate surface area is 143 Å². The minimum Gasteiger partial charge on any atom is -0.494 e. The molecule has 0 bridgehead atoms. The quantitative estimate of drug-likeness (QED) is 0.805. The molecule has 0 aliphatic rings. The zero-order valence-electron chi connectivity index (χ0n) is 13.0. The number of halogens is 2. The summed E-state index contributed by atoms with van der Waals surface area (Å²) in [5.41, 5.74) is 1.57. The van der Waals surface area contributed by atoms with Gasteiger partial charge in [0, 0.05) is 15.7 Å². The molecule has 0 saturated heterocycles. The zero-order chi connectivity index (χ0) is 16.8. The SMILES string of the molecule is COc1ccc(C[NH+](C)CC(=O)Nc2ccc(Br)cc2)cc1F. The Morgan fingerprint density at radius 1 is 1.26 bits per heavy atom. The zero-order valence-corrected chi connectivity index (χ0v) is 14.6. The second-order valence-electron chi connectivity index (χ2n) is 5.33. The molecule has 0 aliphatic heterocycles. The summed E-state index contributed by atoms with van der Waals surface area (Å²) in [7, 11) is 3.32. The van der Waals surface area contributed by atoms with E-state index < -0.39 is 5.82 Å². The number of rotatable bonds is 6. The van der Waals surface area contributed by atoms with Crippen LogP contribution in [0.3, 0.4) is 0 Å². The van der Waals surface area contributed by atoms with Crippen molar-refractivity contribution in [2.45, 2.75) is 6.54 Å². The number of carbonyl (C=O) groups is 1. The highest BCUT2D eigenvalue weighted by atomic mass is 79.9. The maximum absolute atomic E-state index is 13.7. The Morgan fingerprint density at radius 2 is 1.96 bits per heavy atom. The number of methoxy groups -OCH3 is 1. The summed E-state index contributed by atoms with van der Waals surface area (Å²) in [5.74, 6) is -0.254. The summed E-state index contributed by atoms with van der Waals surface area (Å²) in [6.07, 6.45) is 0. The first kappa shape index (κ1) is 17.4. The second-order valence-corrected chi connectivity index (χ2v) is 6.25. The number of quaternary nitrogens is 1. The third-order valence-electron chi connectivity index (χ3n) is 3.31. The maximum atomic E-state index is 13.7. The van der Waals surface area contributed by atoms with Gasteiger partial charge in [-0.3, -0.25) is 4.79 Å². The van der Waals surface area contributed by atoms with Crippen LogP contribution in [0.4, 0.5) is 10.1 Å². The van der Waals surface area contributed by atoms with Crippen LogP contribution >= 0.6 is 15.9 Å². The lowest BCUT2D eigenvalue weighted by atomic mass is 10.2. The van der Waals surface area contributed by atoms with Crippen molar-refractivity contribution in [3.63, 3.8) is 0 Å². The number of hydrogen-bond acceptors (Lipinski definition) is 2. The summed E-state index contributed by atoms with van der Waals surface area (Å²) in [5, 5.41) is 2.84. The van der Waals surface area contributed by atoms with Gasteiger partial charge < -0.3 is 15.0 Å². The fraction of sp³-hybridized carbons (Fsp3) is 0.235. The molecule has 0 heterocycles. The predicted octanol–water partition coefficient (Wildman–Crippen LogP) is 2.25. The van der Waals surface area contributed by atoms with Gasteiger partial charge in [-0.05, 0) is 42.5 Å². The summed E-state index contributed by atoms with van der Waals surface area (Å²) in [4.78, 5) is 13.0. The molecule has 0 radical (unpaired) electrons. The van der Waals surface area contributed by atoms with Gasteiger partial charge in [-0.2, -0.15) is 0 Å². The molecule has 2 aromatic rings. The van der Waals surface area contributed by atoms with Crippen molar-refractivity contribution in [2.75, 3.05) is 26.0 Å². The number of nitrogens with one attached hydrogen (secondary N) is 2. The summed E-state index contributed by atoms with van der Waals surface area (Å²) in [6, 6.07) is 12.2. The standard InChI is InChI=1S/C17H18BrFN2O2/c1-21(10-12-3-8-16(23-2)15(19)9-12)11-17(22)20-14-6-4-13(18)5-7-14/h3-9H,10-11H2,1-2H3,(H,20,22)/p+1. The Morgan fingerprint density at radius 3 is 2.57 bits per heavy atom. The molecule has 0 fully saturated rings. The topological polar surface area (TPSA) is 42.8 Å². The molecule has 0 spiro atoms. The van der Waals surface area contributed by atoms with Crippen LogP contribution < -0.4 is 15.0 Å². The third kappa shape index (κ3) is 5.33. The molecule has 23 heavy (non-hydrogen) atoms. The number of ether oxygens (including phenoxy) is 1. The predicted molar refractivity (Wildman–Crippen MR) is 91.2 cm³/mol. The molecular weight excluding hydrogens is 363 g/mol. The highest BCUT2D eigenvalue weighted by molar-refractivity contribution is 9.10. The average Bonchev–Trinajstić information content (AvgIpc) is 2.49. The molecule has 2 rings (SSSR count). The average molecular weight is 382 g/mol. The first-order chi connectivity index (χ1) is 11.0. The molecule has 2 N–H and O–H groups in total. The molecule has 4 nitrogen and oxygen atoms in total. The van der Waals surface area contributed by atoms with Gasteiger partial charge in [0.2, 0.25) is 0 Å². The number of benzene rings is 2. The van der Waals surface area contributed by atoms with E-state index in [4.69, 9.17) is 4.74 Å². The largest absolute Gasteiger partial charge is 0.494 e. The van der Waals surface area contributed by atoms with E-state index >= 15 is 0 Å². The van der Waals surface area contributed by atoms with Crippen LogP contribution in [0.25, 0.3) is 0 Å². The van der Waals surface area contributed by atoms with Gasteiger partial charge in [0.15, 0.2) is 18.1 Å². The van der Waals surface area contributed by atoms with Gasteiger partial charge in [-0.1, -0.05) is 15.9 Å². The van der Waals surface area contributed by atoms with Crippen molar-refractivity contribution in [1.29, 1.82) is 0 Å². The Balaban J connectivity index is 1.88. The van der Waals surface area contributed by atoms with E-state index in [-0.39, 0.29) is 11.7 Å². The molecule has 6 heteroatoms. The molecule has 0 aliphatic carbocycles. The molecular formula is C17H19BrFN2O2+. The van der Waals surface area contributed by atoms with Crippen LogP contribution in [0, 0.1) is 5.82 Å². The van der Waals surface area contributed by atoms with Crippen molar-refractivity contribution < 1.29 is 18.8 Å². The first-order valence-electron chi connectivity index (χ1n) is 7.17. The summed E-state index contributed by atoms with van der Waals surface area (Å²) < 4.78 is 19.5. The highest BCUT2D eigenvalue weighted by Gasteiger charge is 2.12. The summed E-state index contributed by atoms with van der Waals surface area (Å²) >= 11 is 3.35. The van der Waals surface area contributed by atoms with Crippen LogP contribution in [0.15, 0.2) is 46.9 Å². The lowest BCUT2D eigenvalue weighted by molar-refractivity contribution is -0.885. The summed E-state index contributed by atoms with van der Waals surface area (Å²) in [6.45, 7) is 0.846. The highest BCUT2D eigenvalue weighted by Crippen LogP contribution is 2.17. The number of likely N-dealkylation sites (N-methyl/N-ethyl adjacent to an activating group) is 1. The number of carbonyl (C=O) groups excluding carboxylic acids is 1. The van der Waals surface area contributed by atoms with Crippen molar-refractivity contribution in [2.24, 2.45) is 0 Å². The molecule has 2 aromatic carbocycles. The second kappa shape index (κ2) is 8.08. The van der Waals surface area contributed by atoms with Gasteiger partial charge in [-0.15, -0.1) is 0 Å². The normalized spacial score (nSPS) is 11.8. The van der Waals surface area contributed by atoms with Gasteiger partial charge in [0.05, 0.1) is 14.2 Å². The Bertz CT molecular complexity index is 677. The lowest BCUT2D eigenvalue weighted by Gasteiger charge is -2.14. The minimum absolute atomic E-state index is 0.0844. The van der Waals surface area contributed by atoms with Crippen LogP contribution in [0.5, 0.6) is 5.75 Å². The molecule has 1 unspecified atom stereocenters. The van der Waals surface area contributed by atoms with E-state index in [1.54, 1.807) is 12.1 Å². The first-order valence-corrected chi connectivity index (χ1v) is 7.96. The van der Waals surface area contributed by atoms with E-state index in [0.717, 1.165) is 20.6 Å². The molecule has 122 valence electrons. The minimum atomic E-state index is -0.392. The van der Waals surface area contributed by atoms with Crippen molar-refractivity contribution in [1.82, 2.24) is 0 Å². The smallest absolute Gasteiger partial charge is 0.279 e. The van der Waals surface area contributed by atoms with E-state index in [9.17, 15) is 9.18 Å². The van der Waals surface area contributed by atoms with Crippen molar-refractivity contribution >= 4 is 27.5 Å². The van der Waals surface area contributed by atoms with Gasteiger partial charge in [0.25, 0.3) is 5.91 Å². The Kier molecular flexibility index (Phi) is 6.12. The number of hydrogen-bond donors (Lipinski definition) is 2. The number of anilines is 1. The fourth-order valence-electron chi connectivity index (χ4n) is 2.24.